The van der Waals surface area contributed by atoms with Crippen LogP contribution in [0, 0.1) is 0 Å². The highest BCUT2D eigenvalue weighted by Gasteiger charge is 2.35. The molecule has 5 heteroatoms. The fourth-order valence-electron chi connectivity index (χ4n) is 2.18. The first-order chi connectivity index (χ1) is 8.24. The lowest BCUT2D eigenvalue weighted by Gasteiger charge is -2.40. The Hall–Kier alpha value is -0.520. The largest absolute Gasteiger partial charge is 0.390 e. The van der Waals surface area contributed by atoms with Gasteiger partial charge in [0.25, 0.3) is 0 Å². The second kappa shape index (κ2) is 5.89. The SMILES string of the molecule is CSC1(CNCC(O)Cn2cccn2)CCC1. The standard InChI is InChI=1S/C12H21N3OS/c1-17-12(4-2-5-12)10-13-8-11(16)9-15-7-3-6-14-15/h3,6-7,11,13,16H,2,4-5,8-10H2,1H3. The van der Waals surface area contributed by atoms with E-state index < -0.39 is 0 Å². The van der Waals surface area contributed by atoms with Crippen LogP contribution < -0.4 is 5.32 Å². The first-order valence-electron chi connectivity index (χ1n) is 6.15. The minimum Gasteiger partial charge on any atom is -0.390 e. The summed E-state index contributed by atoms with van der Waals surface area (Å²) in [5, 5.41) is 17.3. The molecule has 1 aromatic rings. The maximum Gasteiger partial charge on any atom is 0.0860 e. The van der Waals surface area contributed by atoms with Crippen LogP contribution >= 0.6 is 11.8 Å². The van der Waals surface area contributed by atoms with Crippen molar-refractivity contribution in [2.45, 2.75) is 36.7 Å². The van der Waals surface area contributed by atoms with Gasteiger partial charge < -0.3 is 10.4 Å². The Morgan fingerprint density at radius 2 is 2.41 bits per heavy atom. The third-order valence-electron chi connectivity index (χ3n) is 3.48. The van der Waals surface area contributed by atoms with Crippen molar-refractivity contribution in [1.29, 1.82) is 0 Å². The zero-order valence-corrected chi connectivity index (χ0v) is 11.1. The quantitative estimate of drug-likeness (QED) is 0.766. The summed E-state index contributed by atoms with van der Waals surface area (Å²) in [6.07, 6.45) is 9.37. The van der Waals surface area contributed by atoms with Crippen LogP contribution in [0.5, 0.6) is 0 Å². The smallest absolute Gasteiger partial charge is 0.0860 e. The number of nitrogens with zero attached hydrogens (tertiary/aromatic N) is 2. The third kappa shape index (κ3) is 3.47. The summed E-state index contributed by atoms with van der Waals surface area (Å²) in [5.74, 6) is 0. The van der Waals surface area contributed by atoms with E-state index in [9.17, 15) is 5.11 Å². The first-order valence-corrected chi connectivity index (χ1v) is 7.38. The van der Waals surface area contributed by atoms with Crippen LogP contribution in [-0.4, -0.2) is 45.1 Å². The number of aliphatic hydroxyl groups excluding tert-OH is 1. The molecule has 1 aliphatic rings. The molecule has 0 aromatic carbocycles. The van der Waals surface area contributed by atoms with Crippen LogP contribution in [0.1, 0.15) is 19.3 Å². The van der Waals surface area contributed by atoms with Gasteiger partial charge in [-0.25, -0.2) is 0 Å². The molecule has 0 spiro atoms. The Morgan fingerprint density at radius 1 is 1.59 bits per heavy atom. The molecule has 2 N–H and O–H groups in total. The molecule has 17 heavy (non-hydrogen) atoms. The summed E-state index contributed by atoms with van der Waals surface area (Å²) in [4.78, 5) is 0. The Bertz CT molecular complexity index is 319. The fraction of sp³-hybridized carbons (Fsp3) is 0.750. The average Bonchev–Trinajstić information content (AvgIpc) is 2.75. The number of rotatable bonds is 7. The minimum atomic E-state index is -0.367. The van der Waals surface area contributed by atoms with Crippen LogP contribution in [0.25, 0.3) is 0 Å². The molecular formula is C12H21N3OS. The molecule has 1 saturated carbocycles. The van der Waals surface area contributed by atoms with E-state index in [4.69, 9.17) is 0 Å². The van der Waals surface area contributed by atoms with Gasteiger partial charge in [-0.15, -0.1) is 0 Å². The van der Waals surface area contributed by atoms with E-state index in [0.29, 0.717) is 17.8 Å². The molecular weight excluding hydrogens is 234 g/mol. The Balaban J connectivity index is 1.64. The van der Waals surface area contributed by atoms with Gasteiger partial charge in [-0.1, -0.05) is 6.42 Å². The van der Waals surface area contributed by atoms with E-state index in [0.717, 1.165) is 6.54 Å². The van der Waals surface area contributed by atoms with Crippen molar-refractivity contribution in [3.8, 4) is 0 Å². The average molecular weight is 255 g/mol. The maximum atomic E-state index is 9.85. The second-order valence-electron chi connectivity index (χ2n) is 4.75. The molecule has 0 saturated heterocycles. The van der Waals surface area contributed by atoms with Gasteiger partial charge in [0.15, 0.2) is 0 Å². The molecule has 2 rings (SSSR count). The maximum absolute atomic E-state index is 9.85. The fourth-order valence-corrected chi connectivity index (χ4v) is 3.12. The van der Waals surface area contributed by atoms with Crippen LogP contribution in [0.2, 0.25) is 0 Å². The predicted molar refractivity (Wildman–Crippen MR) is 71.2 cm³/mol. The van der Waals surface area contributed by atoms with Gasteiger partial charge in [0, 0.05) is 30.2 Å². The summed E-state index contributed by atoms with van der Waals surface area (Å²) in [5.41, 5.74) is 0. The summed E-state index contributed by atoms with van der Waals surface area (Å²) in [6.45, 7) is 2.21. The number of aromatic nitrogens is 2. The van der Waals surface area contributed by atoms with Crippen molar-refractivity contribution in [2.24, 2.45) is 0 Å². The molecule has 1 fully saturated rings. The molecule has 0 radical (unpaired) electrons. The Kier molecular flexibility index (Phi) is 4.48. The van der Waals surface area contributed by atoms with Crippen molar-refractivity contribution < 1.29 is 5.11 Å². The Morgan fingerprint density at radius 3 is 2.94 bits per heavy atom. The normalized spacial score (nSPS) is 19.9. The highest BCUT2D eigenvalue weighted by atomic mass is 32.2. The molecule has 1 unspecified atom stereocenters. The molecule has 1 aromatic heterocycles. The van der Waals surface area contributed by atoms with Gasteiger partial charge in [0.2, 0.25) is 0 Å². The number of aliphatic hydroxyl groups is 1. The molecule has 1 atom stereocenters. The molecule has 1 aliphatic carbocycles. The lowest BCUT2D eigenvalue weighted by Crippen LogP contribution is -2.45. The molecule has 0 aliphatic heterocycles. The number of thioether (sulfide) groups is 1. The lowest BCUT2D eigenvalue weighted by atomic mass is 9.84. The van der Waals surface area contributed by atoms with Gasteiger partial charge >= 0.3 is 0 Å². The highest BCUT2D eigenvalue weighted by Crippen LogP contribution is 2.42. The van der Waals surface area contributed by atoms with Gasteiger partial charge in [0.1, 0.15) is 0 Å². The summed E-state index contributed by atoms with van der Waals surface area (Å²) in [7, 11) is 0. The van der Waals surface area contributed by atoms with E-state index in [1.165, 1.54) is 19.3 Å². The third-order valence-corrected chi connectivity index (χ3v) is 4.90. The molecule has 0 bridgehead atoms. The van der Waals surface area contributed by atoms with Gasteiger partial charge in [0.05, 0.1) is 12.6 Å². The van der Waals surface area contributed by atoms with E-state index in [1.54, 1.807) is 10.9 Å². The molecule has 4 nitrogen and oxygen atoms in total. The Labute approximate surface area is 107 Å². The highest BCUT2D eigenvalue weighted by molar-refractivity contribution is 8.00. The van der Waals surface area contributed by atoms with Crippen molar-refractivity contribution in [3.05, 3.63) is 18.5 Å². The number of hydrogen-bond donors (Lipinski definition) is 2. The van der Waals surface area contributed by atoms with E-state index in [1.807, 2.05) is 24.0 Å². The van der Waals surface area contributed by atoms with Crippen LogP contribution in [-0.2, 0) is 6.54 Å². The number of hydrogen-bond acceptors (Lipinski definition) is 4. The lowest BCUT2D eigenvalue weighted by molar-refractivity contribution is 0.144. The topological polar surface area (TPSA) is 50.1 Å². The van der Waals surface area contributed by atoms with Crippen LogP contribution in [0.3, 0.4) is 0 Å². The van der Waals surface area contributed by atoms with Crippen molar-refractivity contribution in [1.82, 2.24) is 15.1 Å². The zero-order chi connectivity index (χ0) is 12.1. The monoisotopic (exact) mass is 255 g/mol. The van der Waals surface area contributed by atoms with Gasteiger partial charge in [-0.3, -0.25) is 4.68 Å². The van der Waals surface area contributed by atoms with E-state index in [-0.39, 0.29) is 6.10 Å². The zero-order valence-electron chi connectivity index (χ0n) is 10.3. The van der Waals surface area contributed by atoms with Crippen LogP contribution in [0.15, 0.2) is 18.5 Å². The summed E-state index contributed by atoms with van der Waals surface area (Å²) >= 11 is 1.95. The molecule has 1 heterocycles. The number of nitrogens with one attached hydrogen (secondary N) is 1. The van der Waals surface area contributed by atoms with E-state index >= 15 is 0 Å². The minimum absolute atomic E-state index is 0.367. The van der Waals surface area contributed by atoms with Crippen molar-refractivity contribution >= 4 is 11.8 Å². The molecule has 0 amide bonds. The molecule has 96 valence electrons. The van der Waals surface area contributed by atoms with Crippen molar-refractivity contribution in [2.75, 3.05) is 19.3 Å². The predicted octanol–water partition coefficient (Wildman–Crippen LogP) is 1.12. The van der Waals surface area contributed by atoms with Gasteiger partial charge in [-0.05, 0) is 25.2 Å². The summed E-state index contributed by atoms with van der Waals surface area (Å²) < 4.78 is 2.20. The van der Waals surface area contributed by atoms with Gasteiger partial charge in [-0.2, -0.15) is 16.9 Å². The second-order valence-corrected chi connectivity index (χ2v) is 6.03. The van der Waals surface area contributed by atoms with E-state index in [2.05, 4.69) is 16.7 Å². The first kappa shape index (κ1) is 12.9. The summed E-state index contributed by atoms with van der Waals surface area (Å²) in [6, 6.07) is 1.87. The van der Waals surface area contributed by atoms with Crippen LogP contribution in [0.4, 0.5) is 0 Å². The van der Waals surface area contributed by atoms with Crippen molar-refractivity contribution in [3.63, 3.8) is 0 Å².